The molecule has 3 aromatic carbocycles. The van der Waals surface area contributed by atoms with Crippen molar-refractivity contribution < 1.29 is 18.0 Å². The summed E-state index contributed by atoms with van der Waals surface area (Å²) in [4.78, 5) is 27.5. The van der Waals surface area contributed by atoms with Crippen molar-refractivity contribution in [1.82, 2.24) is 9.62 Å². The Labute approximate surface area is 217 Å². The maximum atomic E-state index is 13.5. The van der Waals surface area contributed by atoms with Crippen LogP contribution < -0.4 is 15.8 Å². The quantitative estimate of drug-likeness (QED) is 0.460. The minimum atomic E-state index is -3.87. The van der Waals surface area contributed by atoms with E-state index in [1.165, 1.54) is 6.07 Å². The fraction of sp³-hybridized carbons (Fsp3) is 0.357. The predicted octanol–water partition coefficient (Wildman–Crippen LogP) is 3.41. The van der Waals surface area contributed by atoms with E-state index in [1.54, 1.807) is 35.2 Å². The van der Waals surface area contributed by atoms with Crippen LogP contribution in [0, 0.1) is 12.8 Å². The number of amides is 2. The third kappa shape index (κ3) is 4.99. The van der Waals surface area contributed by atoms with Crippen molar-refractivity contribution in [3.8, 4) is 0 Å². The third-order valence-corrected chi connectivity index (χ3v) is 9.07. The Morgan fingerprint density at radius 2 is 1.68 bits per heavy atom. The number of fused-ring (bicyclic) bond motifs is 1. The molecule has 2 aliphatic rings. The van der Waals surface area contributed by atoms with Crippen molar-refractivity contribution >= 4 is 38.3 Å². The lowest BCUT2D eigenvalue weighted by Crippen LogP contribution is -2.55. The highest BCUT2D eigenvalue weighted by atomic mass is 32.2. The van der Waals surface area contributed by atoms with Gasteiger partial charge in [-0.15, -0.1) is 0 Å². The molecule has 0 spiro atoms. The summed E-state index contributed by atoms with van der Waals surface area (Å²) in [6, 6.07) is 17.3. The highest BCUT2D eigenvalue weighted by molar-refractivity contribution is 7.89. The molecule has 1 saturated carbocycles. The van der Waals surface area contributed by atoms with Crippen molar-refractivity contribution in [3.63, 3.8) is 0 Å². The summed E-state index contributed by atoms with van der Waals surface area (Å²) in [5, 5.41) is 4.10. The molecule has 2 fully saturated rings. The van der Waals surface area contributed by atoms with Crippen LogP contribution in [0.5, 0.6) is 0 Å². The highest BCUT2D eigenvalue weighted by Gasteiger charge is 2.49. The SMILES string of the molecule is Cc1ccccc1C(=O)Nc1ccc(S(=O)(=O)N[C@H]2CCN(C(=O)C3(N)CC3)C[C@H]2C)c2ccccc12. The third-order valence-electron chi connectivity index (χ3n) is 7.53. The summed E-state index contributed by atoms with van der Waals surface area (Å²) in [6.07, 6.45) is 1.94. The van der Waals surface area contributed by atoms with Gasteiger partial charge in [0.05, 0.1) is 10.4 Å². The largest absolute Gasteiger partial charge is 0.341 e. The number of aryl methyl sites for hydroxylation is 1. The molecule has 9 heteroatoms. The number of carbonyl (C=O) groups excluding carboxylic acids is 2. The fourth-order valence-electron chi connectivity index (χ4n) is 5.06. The summed E-state index contributed by atoms with van der Waals surface area (Å²) >= 11 is 0. The second-order valence-electron chi connectivity index (χ2n) is 10.3. The van der Waals surface area contributed by atoms with Gasteiger partial charge in [0.15, 0.2) is 0 Å². The molecule has 0 unspecified atom stereocenters. The number of anilines is 1. The van der Waals surface area contributed by atoms with Gasteiger partial charge in [0.25, 0.3) is 5.91 Å². The molecule has 8 nitrogen and oxygen atoms in total. The van der Waals surface area contributed by atoms with E-state index < -0.39 is 15.6 Å². The van der Waals surface area contributed by atoms with Crippen molar-refractivity contribution in [2.45, 2.75) is 49.6 Å². The molecule has 0 aromatic heterocycles. The maximum Gasteiger partial charge on any atom is 0.255 e. The van der Waals surface area contributed by atoms with E-state index in [4.69, 9.17) is 5.73 Å². The van der Waals surface area contributed by atoms with E-state index in [-0.39, 0.29) is 28.7 Å². The standard InChI is InChI=1S/C28H32N4O4S/c1-18-7-3-4-8-20(18)26(33)30-24-11-12-25(22-10-6-5-9-21(22)24)37(35,36)31-23-13-16-32(17-19(23)2)27(34)28(29)14-15-28/h3-12,19,23,31H,13-17,29H2,1-2H3,(H,30,33)/t19-,23+/m1/s1. The van der Waals surface area contributed by atoms with Gasteiger partial charge >= 0.3 is 0 Å². The van der Waals surface area contributed by atoms with Crippen LogP contribution in [0.1, 0.15) is 42.1 Å². The summed E-state index contributed by atoms with van der Waals surface area (Å²) in [5.74, 6) is -0.346. The topological polar surface area (TPSA) is 122 Å². The van der Waals surface area contributed by atoms with E-state index >= 15 is 0 Å². The molecular weight excluding hydrogens is 488 g/mol. The Kier molecular flexibility index (Phi) is 6.55. The molecular formula is C28H32N4O4S. The highest BCUT2D eigenvalue weighted by Crippen LogP contribution is 2.36. The van der Waals surface area contributed by atoms with Crippen molar-refractivity contribution in [2.75, 3.05) is 18.4 Å². The molecule has 2 atom stereocenters. The summed E-state index contributed by atoms with van der Waals surface area (Å²) in [6.45, 7) is 4.76. The molecule has 1 saturated heterocycles. The number of nitrogens with two attached hydrogens (primary N) is 1. The van der Waals surface area contributed by atoms with E-state index in [0.717, 1.165) is 5.56 Å². The Morgan fingerprint density at radius 3 is 2.35 bits per heavy atom. The van der Waals surface area contributed by atoms with Crippen LogP contribution in [-0.4, -0.2) is 49.8 Å². The average Bonchev–Trinajstić information content (AvgIpc) is 3.63. The fourth-order valence-corrected chi connectivity index (χ4v) is 6.65. The Morgan fingerprint density at radius 1 is 1.00 bits per heavy atom. The molecule has 1 heterocycles. The first-order valence-electron chi connectivity index (χ1n) is 12.6. The molecule has 37 heavy (non-hydrogen) atoms. The summed E-state index contributed by atoms with van der Waals surface area (Å²) in [5.41, 5.74) is 7.32. The van der Waals surface area contributed by atoms with Crippen LogP contribution in [0.3, 0.4) is 0 Å². The zero-order valence-electron chi connectivity index (χ0n) is 21.0. The molecule has 0 bridgehead atoms. The number of hydrogen-bond acceptors (Lipinski definition) is 5. The Bertz CT molecular complexity index is 1480. The first-order valence-corrected chi connectivity index (χ1v) is 14.1. The Balaban J connectivity index is 1.37. The normalized spacial score (nSPS) is 21.0. The molecule has 194 valence electrons. The van der Waals surface area contributed by atoms with Crippen LogP contribution in [0.15, 0.2) is 65.6 Å². The second kappa shape index (κ2) is 9.55. The molecule has 0 radical (unpaired) electrons. The van der Waals surface area contributed by atoms with Crippen molar-refractivity contribution in [2.24, 2.45) is 11.7 Å². The monoisotopic (exact) mass is 520 g/mol. The number of hydrogen-bond donors (Lipinski definition) is 3. The molecule has 1 aliphatic heterocycles. The van der Waals surface area contributed by atoms with E-state index in [2.05, 4.69) is 10.0 Å². The molecule has 3 aromatic rings. The first kappa shape index (κ1) is 25.4. The lowest BCUT2D eigenvalue weighted by molar-refractivity contribution is -0.135. The first-order chi connectivity index (χ1) is 17.6. The Hall–Kier alpha value is -3.27. The van der Waals surface area contributed by atoms with E-state index in [0.29, 0.717) is 54.4 Å². The second-order valence-corrected chi connectivity index (χ2v) is 12.0. The molecule has 4 N–H and O–H groups in total. The van der Waals surface area contributed by atoms with Crippen LogP contribution in [0.2, 0.25) is 0 Å². The van der Waals surface area contributed by atoms with Gasteiger partial charge in [0, 0.05) is 41.2 Å². The van der Waals surface area contributed by atoms with Gasteiger partial charge < -0.3 is 16.0 Å². The number of carbonyl (C=O) groups is 2. The lowest BCUT2D eigenvalue weighted by Gasteiger charge is -2.38. The minimum absolute atomic E-state index is 0.0324. The zero-order valence-corrected chi connectivity index (χ0v) is 21.8. The maximum absolute atomic E-state index is 13.5. The van der Waals surface area contributed by atoms with Crippen LogP contribution in [-0.2, 0) is 14.8 Å². The summed E-state index contributed by atoms with van der Waals surface area (Å²) < 4.78 is 30.0. The molecule has 1 aliphatic carbocycles. The number of rotatable bonds is 6. The van der Waals surface area contributed by atoms with Crippen LogP contribution in [0.25, 0.3) is 10.8 Å². The number of nitrogens with zero attached hydrogens (tertiary/aromatic N) is 1. The predicted molar refractivity (Wildman–Crippen MR) is 144 cm³/mol. The molecule has 5 rings (SSSR count). The zero-order chi connectivity index (χ0) is 26.4. The number of likely N-dealkylation sites (tertiary alicyclic amines) is 1. The number of nitrogens with one attached hydrogen (secondary N) is 2. The van der Waals surface area contributed by atoms with Gasteiger partial charge in [-0.25, -0.2) is 13.1 Å². The number of sulfonamides is 1. The lowest BCUT2D eigenvalue weighted by atomic mass is 9.94. The van der Waals surface area contributed by atoms with E-state index in [9.17, 15) is 18.0 Å². The molecule has 2 amide bonds. The minimum Gasteiger partial charge on any atom is -0.341 e. The smallest absolute Gasteiger partial charge is 0.255 e. The average molecular weight is 521 g/mol. The van der Waals surface area contributed by atoms with Crippen LogP contribution in [0.4, 0.5) is 5.69 Å². The van der Waals surface area contributed by atoms with Gasteiger partial charge in [-0.3, -0.25) is 9.59 Å². The van der Waals surface area contributed by atoms with Crippen molar-refractivity contribution in [1.29, 1.82) is 0 Å². The van der Waals surface area contributed by atoms with Gasteiger partial charge in [-0.2, -0.15) is 0 Å². The van der Waals surface area contributed by atoms with Gasteiger partial charge in [0.1, 0.15) is 0 Å². The van der Waals surface area contributed by atoms with Gasteiger partial charge in [-0.05, 0) is 55.9 Å². The van der Waals surface area contributed by atoms with Crippen molar-refractivity contribution in [3.05, 3.63) is 71.8 Å². The van der Waals surface area contributed by atoms with Gasteiger partial charge in [-0.1, -0.05) is 49.4 Å². The number of benzene rings is 3. The summed E-state index contributed by atoms with van der Waals surface area (Å²) in [7, 11) is -3.87. The van der Waals surface area contributed by atoms with Gasteiger partial charge in [0.2, 0.25) is 15.9 Å². The van der Waals surface area contributed by atoms with E-state index in [1.807, 2.05) is 38.1 Å². The van der Waals surface area contributed by atoms with Crippen LogP contribution >= 0.6 is 0 Å². The number of piperidine rings is 1.